The lowest BCUT2D eigenvalue weighted by Crippen LogP contribution is -2.55. The molecule has 172 valence electrons. The maximum atomic E-state index is 13.7. The van der Waals surface area contributed by atoms with Gasteiger partial charge in [0.05, 0.1) is 10.7 Å². The molecule has 2 aliphatic carbocycles. The van der Waals surface area contributed by atoms with Crippen LogP contribution in [0.3, 0.4) is 0 Å². The van der Waals surface area contributed by atoms with E-state index in [9.17, 15) is 22.8 Å². The predicted molar refractivity (Wildman–Crippen MR) is 113 cm³/mol. The van der Waals surface area contributed by atoms with Crippen LogP contribution in [0.15, 0.2) is 11.6 Å². The van der Waals surface area contributed by atoms with E-state index in [-0.39, 0.29) is 47.2 Å². The molecular formula is C22H24ClF3N4O2. The van der Waals surface area contributed by atoms with Gasteiger partial charge in [-0.3, -0.25) is 9.59 Å². The van der Waals surface area contributed by atoms with Gasteiger partial charge in [0.2, 0.25) is 5.91 Å². The number of carbonyl (C=O) groups is 2. The topological polar surface area (TPSA) is 58.4 Å². The molecular weight excluding hydrogens is 445 g/mol. The van der Waals surface area contributed by atoms with E-state index in [0.29, 0.717) is 13.1 Å². The van der Waals surface area contributed by atoms with Crippen LogP contribution in [0.25, 0.3) is 11.8 Å². The highest BCUT2D eigenvalue weighted by Crippen LogP contribution is 2.44. The molecule has 0 aromatic carbocycles. The number of hydrogen-bond donors (Lipinski definition) is 0. The summed E-state index contributed by atoms with van der Waals surface area (Å²) < 4.78 is 42.0. The summed E-state index contributed by atoms with van der Waals surface area (Å²) in [6, 6.07) is 0.220. The number of aromatic nitrogens is 2. The number of fused-ring (bicyclic) bond motifs is 1. The van der Waals surface area contributed by atoms with E-state index in [0.717, 1.165) is 54.9 Å². The van der Waals surface area contributed by atoms with E-state index in [1.54, 1.807) is 6.08 Å². The Bertz CT molecular complexity index is 1020. The maximum Gasteiger partial charge on any atom is 0.433 e. The van der Waals surface area contributed by atoms with Gasteiger partial charge in [-0.25, -0.2) is 4.68 Å². The molecule has 32 heavy (non-hydrogen) atoms. The van der Waals surface area contributed by atoms with Crippen molar-refractivity contribution in [3.63, 3.8) is 0 Å². The van der Waals surface area contributed by atoms with Crippen LogP contribution in [-0.2, 0) is 4.79 Å². The number of halogens is 4. The van der Waals surface area contributed by atoms with Gasteiger partial charge >= 0.3 is 6.18 Å². The molecule has 3 heterocycles. The SMILES string of the molecule is O=C(c1nn2c(c1Cl)C=C(C1CC1)CC=C2C(F)(F)F)N1CCN(C2CCCC2)C(=O)C1. The van der Waals surface area contributed by atoms with Crippen molar-refractivity contribution in [2.24, 2.45) is 5.92 Å². The van der Waals surface area contributed by atoms with Crippen LogP contribution >= 0.6 is 11.6 Å². The van der Waals surface area contributed by atoms with E-state index in [4.69, 9.17) is 11.6 Å². The monoisotopic (exact) mass is 468 g/mol. The molecule has 0 unspecified atom stereocenters. The van der Waals surface area contributed by atoms with Gasteiger partial charge in [0.1, 0.15) is 12.2 Å². The molecule has 6 nitrogen and oxygen atoms in total. The number of amides is 2. The normalized spacial score (nSPS) is 22.6. The van der Waals surface area contributed by atoms with Crippen molar-refractivity contribution in [2.75, 3.05) is 19.6 Å². The third-order valence-electron chi connectivity index (χ3n) is 6.85. The molecule has 3 fully saturated rings. The first kappa shape index (κ1) is 21.6. The molecule has 0 radical (unpaired) electrons. The summed E-state index contributed by atoms with van der Waals surface area (Å²) in [6.07, 6.45) is 4.31. The zero-order chi connectivity index (χ0) is 22.6. The average molecular weight is 469 g/mol. The van der Waals surface area contributed by atoms with Gasteiger partial charge in [0.15, 0.2) is 5.69 Å². The summed E-state index contributed by atoms with van der Waals surface area (Å²) in [4.78, 5) is 29.0. The second-order valence-corrected chi connectivity index (χ2v) is 9.37. The molecule has 10 heteroatoms. The Morgan fingerprint density at radius 2 is 1.84 bits per heavy atom. The summed E-state index contributed by atoms with van der Waals surface area (Å²) in [5.41, 5.74) is -0.240. The fourth-order valence-corrected chi connectivity index (χ4v) is 5.23. The van der Waals surface area contributed by atoms with Crippen molar-refractivity contribution in [2.45, 2.75) is 57.2 Å². The molecule has 0 atom stereocenters. The van der Waals surface area contributed by atoms with Crippen molar-refractivity contribution in [3.8, 4) is 0 Å². The van der Waals surface area contributed by atoms with Crippen LogP contribution in [-0.4, -0.2) is 63.2 Å². The highest BCUT2D eigenvalue weighted by Gasteiger charge is 2.41. The molecule has 2 saturated carbocycles. The molecule has 5 rings (SSSR count). The Hall–Kier alpha value is -2.29. The minimum atomic E-state index is -4.64. The molecule has 4 aliphatic rings. The lowest BCUT2D eigenvalue weighted by Gasteiger charge is -2.37. The van der Waals surface area contributed by atoms with Crippen LogP contribution in [0, 0.1) is 5.92 Å². The van der Waals surface area contributed by atoms with Gasteiger partial charge in [-0.1, -0.05) is 30.0 Å². The van der Waals surface area contributed by atoms with Gasteiger partial charge in [-0.2, -0.15) is 18.3 Å². The minimum Gasteiger partial charge on any atom is -0.336 e. The van der Waals surface area contributed by atoms with Gasteiger partial charge in [-0.05, 0) is 50.2 Å². The van der Waals surface area contributed by atoms with Crippen LogP contribution in [0.2, 0.25) is 5.02 Å². The Kier molecular flexibility index (Phi) is 5.34. The Labute approximate surface area is 188 Å². The first-order valence-corrected chi connectivity index (χ1v) is 11.5. The third-order valence-corrected chi connectivity index (χ3v) is 7.22. The molecule has 1 aromatic heterocycles. The number of carbonyl (C=O) groups excluding carboxylic acids is 2. The molecule has 0 spiro atoms. The highest BCUT2D eigenvalue weighted by molar-refractivity contribution is 6.35. The van der Waals surface area contributed by atoms with E-state index in [1.807, 2.05) is 4.90 Å². The zero-order valence-corrected chi connectivity index (χ0v) is 18.3. The Morgan fingerprint density at radius 3 is 2.47 bits per heavy atom. The number of piperazine rings is 1. The molecule has 2 amide bonds. The summed E-state index contributed by atoms with van der Waals surface area (Å²) in [7, 11) is 0. The summed E-state index contributed by atoms with van der Waals surface area (Å²) >= 11 is 6.44. The van der Waals surface area contributed by atoms with E-state index < -0.39 is 17.8 Å². The zero-order valence-electron chi connectivity index (χ0n) is 17.5. The van der Waals surface area contributed by atoms with Crippen LogP contribution in [0.4, 0.5) is 13.2 Å². The van der Waals surface area contributed by atoms with Crippen molar-refractivity contribution in [1.82, 2.24) is 19.6 Å². The first-order chi connectivity index (χ1) is 15.2. The second-order valence-electron chi connectivity index (χ2n) is 9.00. The lowest BCUT2D eigenvalue weighted by molar-refractivity contribution is -0.137. The van der Waals surface area contributed by atoms with Gasteiger partial charge in [0, 0.05) is 19.1 Å². The molecule has 2 aliphatic heterocycles. The fraction of sp³-hybridized carbons (Fsp3) is 0.591. The largest absolute Gasteiger partial charge is 0.433 e. The van der Waals surface area contributed by atoms with E-state index >= 15 is 0 Å². The summed E-state index contributed by atoms with van der Waals surface area (Å²) in [5.74, 6) is -0.503. The smallest absolute Gasteiger partial charge is 0.336 e. The molecule has 1 aromatic rings. The molecule has 0 bridgehead atoms. The second kappa shape index (κ2) is 7.93. The summed E-state index contributed by atoms with van der Waals surface area (Å²) in [6.45, 7) is 0.615. The van der Waals surface area contributed by atoms with E-state index in [2.05, 4.69) is 5.10 Å². The van der Waals surface area contributed by atoms with Gasteiger partial charge in [0.25, 0.3) is 5.91 Å². The third kappa shape index (κ3) is 3.84. The summed E-state index contributed by atoms with van der Waals surface area (Å²) in [5, 5.41) is 3.90. The number of hydrogen-bond acceptors (Lipinski definition) is 3. The average Bonchev–Trinajstić information content (AvgIpc) is 3.41. The van der Waals surface area contributed by atoms with Gasteiger partial charge < -0.3 is 9.80 Å². The van der Waals surface area contributed by atoms with Crippen molar-refractivity contribution in [3.05, 3.63) is 28.1 Å². The van der Waals surface area contributed by atoms with Crippen LogP contribution < -0.4 is 0 Å². The van der Waals surface area contributed by atoms with E-state index in [1.165, 1.54) is 4.90 Å². The van der Waals surface area contributed by atoms with Crippen molar-refractivity contribution >= 4 is 35.2 Å². The first-order valence-electron chi connectivity index (χ1n) is 11.1. The van der Waals surface area contributed by atoms with Gasteiger partial charge in [-0.15, -0.1) is 0 Å². The Balaban J connectivity index is 1.43. The van der Waals surface area contributed by atoms with Crippen LogP contribution in [0.1, 0.15) is 61.1 Å². The molecule has 1 saturated heterocycles. The number of rotatable bonds is 3. The number of alkyl halides is 3. The minimum absolute atomic E-state index is 0.0777. The molecule has 0 N–H and O–H groups in total. The highest BCUT2D eigenvalue weighted by atomic mass is 35.5. The fourth-order valence-electron chi connectivity index (χ4n) is 4.98. The quantitative estimate of drug-likeness (QED) is 0.662. The van der Waals surface area contributed by atoms with Crippen molar-refractivity contribution < 1.29 is 22.8 Å². The lowest BCUT2D eigenvalue weighted by atomic mass is 10.1. The Morgan fingerprint density at radius 1 is 1.12 bits per heavy atom. The number of allylic oxidation sites excluding steroid dienone is 3. The standard InChI is InChI=1S/C22H24ClF3N4O2/c23-19-16-11-14(13-5-6-13)7-8-17(22(24,25)26)30(16)27-20(19)21(32)28-9-10-29(18(31)12-28)15-3-1-2-4-15/h8,11,13,15H,1-7,9-10,12H2. The predicted octanol–water partition coefficient (Wildman–Crippen LogP) is 4.36. The van der Waals surface area contributed by atoms with Crippen LogP contribution in [0.5, 0.6) is 0 Å². The number of nitrogens with zero attached hydrogens (tertiary/aromatic N) is 4. The van der Waals surface area contributed by atoms with Crippen molar-refractivity contribution in [1.29, 1.82) is 0 Å². The maximum absolute atomic E-state index is 13.7.